The molecule has 0 aromatic rings. The highest BCUT2D eigenvalue weighted by molar-refractivity contribution is 4.95. The van der Waals surface area contributed by atoms with Gasteiger partial charge in [-0.2, -0.15) is 0 Å². The van der Waals surface area contributed by atoms with Gasteiger partial charge in [-0.15, -0.1) is 0 Å². The molecule has 0 spiro atoms. The van der Waals surface area contributed by atoms with Gasteiger partial charge in [0.05, 0.1) is 13.2 Å². The first kappa shape index (κ1) is 14.9. The van der Waals surface area contributed by atoms with Gasteiger partial charge in [0.25, 0.3) is 0 Å². The van der Waals surface area contributed by atoms with Crippen LogP contribution in [0.5, 0.6) is 0 Å². The molecule has 0 aliphatic carbocycles. The van der Waals surface area contributed by atoms with E-state index in [0.29, 0.717) is 6.04 Å². The van der Waals surface area contributed by atoms with Gasteiger partial charge in [-0.3, -0.25) is 4.90 Å². The highest BCUT2D eigenvalue weighted by Gasteiger charge is 2.38. The highest BCUT2D eigenvalue weighted by Crippen LogP contribution is 2.30. The summed E-state index contributed by atoms with van der Waals surface area (Å²) < 4.78 is 5.62. The zero-order chi connectivity index (χ0) is 12.7. The lowest BCUT2D eigenvalue weighted by Gasteiger charge is -2.49. The second-order valence-corrected chi connectivity index (χ2v) is 5.26. The van der Waals surface area contributed by atoms with Crippen molar-refractivity contribution in [2.24, 2.45) is 5.73 Å². The molecule has 17 heavy (non-hydrogen) atoms. The van der Waals surface area contributed by atoms with Crippen LogP contribution in [0.1, 0.15) is 52.9 Å². The zero-order valence-electron chi connectivity index (χ0n) is 11.9. The predicted octanol–water partition coefficient (Wildman–Crippen LogP) is 2.39. The minimum Gasteiger partial charge on any atom is -0.378 e. The van der Waals surface area contributed by atoms with E-state index in [1.807, 2.05) is 0 Å². The van der Waals surface area contributed by atoms with E-state index in [1.54, 1.807) is 0 Å². The van der Waals surface area contributed by atoms with Crippen molar-refractivity contribution in [2.45, 2.75) is 64.5 Å². The molecular weight excluding hydrogens is 212 g/mol. The molecule has 2 N–H and O–H groups in total. The van der Waals surface area contributed by atoms with Gasteiger partial charge in [0.2, 0.25) is 0 Å². The Morgan fingerprint density at radius 3 is 2.35 bits per heavy atom. The summed E-state index contributed by atoms with van der Waals surface area (Å²) in [7, 11) is 0. The molecule has 3 heteroatoms. The van der Waals surface area contributed by atoms with Gasteiger partial charge in [0.1, 0.15) is 0 Å². The fourth-order valence-electron chi connectivity index (χ4n) is 3.28. The van der Waals surface area contributed by atoms with Crippen molar-refractivity contribution < 1.29 is 4.74 Å². The molecule has 0 aromatic carbocycles. The van der Waals surface area contributed by atoms with Gasteiger partial charge in [-0.1, -0.05) is 33.6 Å². The number of rotatable bonds is 7. The van der Waals surface area contributed by atoms with Crippen LogP contribution in [-0.2, 0) is 4.74 Å². The number of ether oxygens (including phenoxy) is 1. The molecule has 1 heterocycles. The van der Waals surface area contributed by atoms with Crippen molar-refractivity contribution in [1.82, 2.24) is 4.90 Å². The van der Waals surface area contributed by atoms with Crippen LogP contribution in [0.15, 0.2) is 0 Å². The van der Waals surface area contributed by atoms with Crippen LogP contribution in [0.2, 0.25) is 0 Å². The smallest absolute Gasteiger partial charge is 0.0622 e. The Labute approximate surface area is 107 Å². The first-order valence-corrected chi connectivity index (χ1v) is 7.28. The molecule has 3 nitrogen and oxygen atoms in total. The van der Waals surface area contributed by atoms with Gasteiger partial charge < -0.3 is 10.5 Å². The standard InChI is InChI=1S/C14H30N2O/c1-4-7-14(12-15,8-5-2)16-9-10-17-11-13(16)6-3/h13H,4-12,15H2,1-3H3. The normalized spacial score (nSPS) is 22.9. The maximum atomic E-state index is 6.15. The van der Waals surface area contributed by atoms with Gasteiger partial charge in [0.15, 0.2) is 0 Å². The van der Waals surface area contributed by atoms with E-state index in [2.05, 4.69) is 25.7 Å². The van der Waals surface area contributed by atoms with E-state index in [4.69, 9.17) is 10.5 Å². The molecule has 0 radical (unpaired) electrons. The monoisotopic (exact) mass is 242 g/mol. The molecule has 1 aliphatic heterocycles. The lowest BCUT2D eigenvalue weighted by Crippen LogP contribution is -2.61. The van der Waals surface area contributed by atoms with Crippen molar-refractivity contribution in [2.75, 3.05) is 26.3 Å². The molecule has 1 rings (SSSR count). The van der Waals surface area contributed by atoms with Crippen molar-refractivity contribution in [3.63, 3.8) is 0 Å². The SMILES string of the molecule is CCCC(CN)(CCC)N1CCOCC1CC. The summed E-state index contributed by atoms with van der Waals surface area (Å²) in [5.74, 6) is 0. The number of hydrogen-bond acceptors (Lipinski definition) is 3. The zero-order valence-corrected chi connectivity index (χ0v) is 11.9. The molecule has 1 unspecified atom stereocenters. The Hall–Kier alpha value is -0.120. The van der Waals surface area contributed by atoms with E-state index in [9.17, 15) is 0 Å². The van der Waals surface area contributed by atoms with E-state index in [1.165, 1.54) is 25.7 Å². The lowest BCUT2D eigenvalue weighted by molar-refractivity contribution is -0.0700. The Morgan fingerprint density at radius 2 is 1.88 bits per heavy atom. The minimum absolute atomic E-state index is 0.216. The third kappa shape index (κ3) is 3.43. The molecule has 1 saturated heterocycles. The van der Waals surface area contributed by atoms with Crippen LogP contribution < -0.4 is 5.73 Å². The second-order valence-electron chi connectivity index (χ2n) is 5.26. The predicted molar refractivity (Wildman–Crippen MR) is 73.2 cm³/mol. The Kier molecular flexibility index (Phi) is 6.45. The fraction of sp³-hybridized carbons (Fsp3) is 1.00. The van der Waals surface area contributed by atoms with Crippen molar-refractivity contribution >= 4 is 0 Å². The van der Waals surface area contributed by atoms with Gasteiger partial charge in [0, 0.05) is 24.7 Å². The molecule has 0 bridgehead atoms. The molecule has 1 atom stereocenters. The molecule has 0 saturated carbocycles. The van der Waals surface area contributed by atoms with Crippen molar-refractivity contribution in [3.05, 3.63) is 0 Å². The molecule has 0 amide bonds. The Balaban J connectivity index is 2.84. The first-order chi connectivity index (χ1) is 8.24. The van der Waals surface area contributed by atoms with Gasteiger partial charge in [-0.05, 0) is 19.3 Å². The van der Waals surface area contributed by atoms with Crippen LogP contribution in [0.25, 0.3) is 0 Å². The summed E-state index contributed by atoms with van der Waals surface area (Å²) in [6.45, 7) is 10.4. The summed E-state index contributed by atoms with van der Waals surface area (Å²) in [5, 5.41) is 0. The van der Waals surface area contributed by atoms with E-state index in [-0.39, 0.29) is 5.54 Å². The van der Waals surface area contributed by atoms with Crippen LogP contribution in [0.4, 0.5) is 0 Å². The maximum absolute atomic E-state index is 6.15. The lowest BCUT2D eigenvalue weighted by atomic mass is 9.84. The van der Waals surface area contributed by atoms with Crippen LogP contribution in [0.3, 0.4) is 0 Å². The summed E-state index contributed by atoms with van der Waals surface area (Å²) in [6.07, 6.45) is 6.02. The summed E-state index contributed by atoms with van der Waals surface area (Å²) >= 11 is 0. The topological polar surface area (TPSA) is 38.5 Å². The molecule has 102 valence electrons. The van der Waals surface area contributed by atoms with Crippen molar-refractivity contribution in [3.8, 4) is 0 Å². The summed E-state index contributed by atoms with van der Waals surface area (Å²) in [5.41, 5.74) is 6.36. The number of morpholine rings is 1. The quantitative estimate of drug-likeness (QED) is 0.745. The number of nitrogens with zero attached hydrogens (tertiary/aromatic N) is 1. The molecule has 1 aliphatic rings. The fourth-order valence-corrected chi connectivity index (χ4v) is 3.28. The summed E-state index contributed by atoms with van der Waals surface area (Å²) in [6, 6.07) is 0.561. The van der Waals surface area contributed by atoms with Crippen LogP contribution in [-0.4, -0.2) is 42.8 Å². The average molecular weight is 242 g/mol. The average Bonchev–Trinajstić information content (AvgIpc) is 2.38. The maximum Gasteiger partial charge on any atom is 0.0622 e. The second kappa shape index (κ2) is 7.34. The molecule has 0 aromatic heterocycles. The number of nitrogens with two attached hydrogens (primary N) is 1. The first-order valence-electron chi connectivity index (χ1n) is 7.28. The minimum atomic E-state index is 0.216. The van der Waals surface area contributed by atoms with Gasteiger partial charge >= 0.3 is 0 Å². The van der Waals surface area contributed by atoms with Gasteiger partial charge in [-0.25, -0.2) is 0 Å². The van der Waals surface area contributed by atoms with Crippen LogP contribution >= 0.6 is 0 Å². The van der Waals surface area contributed by atoms with Crippen LogP contribution in [0, 0.1) is 0 Å². The Morgan fingerprint density at radius 1 is 1.24 bits per heavy atom. The largest absolute Gasteiger partial charge is 0.378 e. The molecular formula is C14H30N2O. The third-order valence-electron chi connectivity index (χ3n) is 4.12. The highest BCUT2D eigenvalue weighted by atomic mass is 16.5. The Bertz CT molecular complexity index is 202. The third-order valence-corrected chi connectivity index (χ3v) is 4.12. The summed E-state index contributed by atoms with van der Waals surface area (Å²) in [4.78, 5) is 2.66. The van der Waals surface area contributed by atoms with Crippen molar-refractivity contribution in [1.29, 1.82) is 0 Å². The van der Waals surface area contributed by atoms with E-state index in [0.717, 1.165) is 32.7 Å². The number of hydrogen-bond donors (Lipinski definition) is 1. The van der Waals surface area contributed by atoms with E-state index >= 15 is 0 Å². The molecule has 1 fully saturated rings. The van der Waals surface area contributed by atoms with E-state index < -0.39 is 0 Å².